The molecule has 0 aromatic heterocycles. The van der Waals surface area contributed by atoms with E-state index in [1.54, 1.807) is 19.1 Å². The van der Waals surface area contributed by atoms with Gasteiger partial charge in [0.25, 0.3) is 0 Å². The van der Waals surface area contributed by atoms with Gasteiger partial charge in [0.1, 0.15) is 0 Å². The van der Waals surface area contributed by atoms with Gasteiger partial charge in [0.2, 0.25) is 0 Å². The van der Waals surface area contributed by atoms with Crippen LogP contribution in [0, 0.1) is 6.92 Å². The van der Waals surface area contributed by atoms with Gasteiger partial charge in [-0.05, 0) is 68.4 Å². The van der Waals surface area contributed by atoms with Gasteiger partial charge in [0.05, 0.1) is 31.4 Å². The molecule has 3 rings (SSSR count). The molecule has 1 heterocycles. The van der Waals surface area contributed by atoms with E-state index in [2.05, 4.69) is 46.7 Å². The molecule has 0 aliphatic carbocycles. The fourth-order valence-corrected chi connectivity index (χ4v) is 3.62. The Bertz CT molecular complexity index is 880. The van der Waals surface area contributed by atoms with Crippen LogP contribution < -0.4 is 15.5 Å². The number of hydrogen-bond acceptors (Lipinski definition) is 5. The van der Waals surface area contributed by atoms with Gasteiger partial charge in [0.15, 0.2) is 5.11 Å². The van der Waals surface area contributed by atoms with Crippen molar-refractivity contribution in [2.45, 2.75) is 26.8 Å². The van der Waals surface area contributed by atoms with Crippen molar-refractivity contribution in [3.05, 3.63) is 59.2 Å². The van der Waals surface area contributed by atoms with Gasteiger partial charge in [-0.15, -0.1) is 0 Å². The second-order valence-electron chi connectivity index (χ2n) is 7.26. The molecule has 7 heteroatoms. The summed E-state index contributed by atoms with van der Waals surface area (Å²) in [6, 6.07) is 14.0. The van der Waals surface area contributed by atoms with Gasteiger partial charge < -0.3 is 25.0 Å². The van der Waals surface area contributed by atoms with Crippen LogP contribution in [0.2, 0.25) is 0 Å². The Kier molecular flexibility index (Phi) is 7.65. The first-order valence-corrected chi connectivity index (χ1v) is 10.7. The van der Waals surface area contributed by atoms with Crippen LogP contribution in [0.4, 0.5) is 11.4 Å². The highest BCUT2D eigenvalue weighted by atomic mass is 32.1. The van der Waals surface area contributed by atoms with E-state index in [1.165, 1.54) is 5.69 Å². The predicted molar refractivity (Wildman–Crippen MR) is 124 cm³/mol. The number of nitrogens with one attached hydrogen (secondary N) is 2. The molecular weight excluding hydrogens is 398 g/mol. The number of rotatable bonds is 6. The Morgan fingerprint density at radius 1 is 1.20 bits per heavy atom. The van der Waals surface area contributed by atoms with E-state index >= 15 is 0 Å². The van der Waals surface area contributed by atoms with Gasteiger partial charge in [-0.2, -0.15) is 0 Å². The van der Waals surface area contributed by atoms with E-state index in [0.717, 1.165) is 43.1 Å². The number of ether oxygens (including phenoxy) is 2. The standard InChI is InChI=1S/C23H29N3O3S/c1-4-29-22(27)19-6-5-16(2)21(15-19)25-23(30)24-17(3)18-7-9-20(10-8-18)26-11-13-28-14-12-26/h5-10,15,17H,4,11-14H2,1-3H3,(H2,24,25,30). The van der Waals surface area contributed by atoms with Crippen LogP contribution in [0.1, 0.15) is 41.4 Å². The first-order valence-electron chi connectivity index (χ1n) is 10.3. The van der Waals surface area contributed by atoms with Crippen molar-refractivity contribution in [3.63, 3.8) is 0 Å². The molecule has 0 spiro atoms. The zero-order chi connectivity index (χ0) is 21.5. The molecule has 1 saturated heterocycles. The summed E-state index contributed by atoms with van der Waals surface area (Å²) in [4.78, 5) is 14.3. The van der Waals surface area contributed by atoms with Crippen LogP contribution >= 0.6 is 12.2 Å². The smallest absolute Gasteiger partial charge is 0.338 e. The Morgan fingerprint density at radius 2 is 1.90 bits per heavy atom. The third kappa shape index (κ3) is 5.70. The first kappa shape index (κ1) is 22.1. The number of nitrogens with zero attached hydrogens (tertiary/aromatic N) is 1. The van der Waals surface area contributed by atoms with Crippen molar-refractivity contribution in [2.24, 2.45) is 0 Å². The summed E-state index contributed by atoms with van der Waals surface area (Å²) in [6.07, 6.45) is 0. The lowest BCUT2D eigenvalue weighted by Crippen LogP contribution is -2.36. The molecule has 6 nitrogen and oxygen atoms in total. The lowest BCUT2D eigenvalue weighted by molar-refractivity contribution is 0.0526. The Balaban J connectivity index is 1.60. The molecular formula is C23H29N3O3S. The topological polar surface area (TPSA) is 62.8 Å². The van der Waals surface area contributed by atoms with Gasteiger partial charge in [-0.1, -0.05) is 18.2 Å². The zero-order valence-corrected chi connectivity index (χ0v) is 18.6. The minimum Gasteiger partial charge on any atom is -0.462 e. The molecule has 1 aliphatic heterocycles. The van der Waals surface area contributed by atoms with Crippen LogP contribution in [0.15, 0.2) is 42.5 Å². The predicted octanol–water partition coefficient (Wildman–Crippen LogP) is 4.06. The molecule has 30 heavy (non-hydrogen) atoms. The van der Waals surface area contributed by atoms with Crippen molar-refractivity contribution in [1.82, 2.24) is 5.32 Å². The number of morpholine rings is 1. The summed E-state index contributed by atoms with van der Waals surface area (Å²) < 4.78 is 10.5. The van der Waals surface area contributed by atoms with Gasteiger partial charge in [0, 0.05) is 24.5 Å². The van der Waals surface area contributed by atoms with Crippen LogP contribution in [-0.2, 0) is 9.47 Å². The van der Waals surface area contributed by atoms with Gasteiger partial charge in [-0.3, -0.25) is 0 Å². The number of carbonyl (C=O) groups is 1. The third-order valence-electron chi connectivity index (χ3n) is 5.11. The van der Waals surface area contributed by atoms with Crippen molar-refractivity contribution in [3.8, 4) is 0 Å². The molecule has 1 unspecified atom stereocenters. The summed E-state index contributed by atoms with van der Waals surface area (Å²) >= 11 is 5.50. The number of carbonyl (C=O) groups excluding carboxylic acids is 1. The van der Waals surface area contributed by atoms with E-state index in [-0.39, 0.29) is 12.0 Å². The fourth-order valence-electron chi connectivity index (χ4n) is 3.33. The summed E-state index contributed by atoms with van der Waals surface area (Å²) in [5.74, 6) is -0.340. The SMILES string of the molecule is CCOC(=O)c1ccc(C)c(NC(=S)NC(C)c2ccc(N3CCOCC3)cc2)c1. The average Bonchev–Trinajstić information content (AvgIpc) is 2.76. The number of anilines is 2. The maximum Gasteiger partial charge on any atom is 0.338 e. The highest BCUT2D eigenvalue weighted by Crippen LogP contribution is 2.21. The molecule has 0 bridgehead atoms. The van der Waals surface area contributed by atoms with E-state index in [4.69, 9.17) is 21.7 Å². The molecule has 1 aliphatic rings. The minimum absolute atomic E-state index is 0.0392. The monoisotopic (exact) mass is 427 g/mol. The largest absolute Gasteiger partial charge is 0.462 e. The molecule has 2 N–H and O–H groups in total. The average molecular weight is 428 g/mol. The van der Waals surface area contributed by atoms with Crippen molar-refractivity contribution < 1.29 is 14.3 Å². The number of thiocarbonyl (C=S) groups is 1. The zero-order valence-electron chi connectivity index (χ0n) is 17.7. The minimum atomic E-state index is -0.340. The first-order chi connectivity index (χ1) is 14.5. The molecule has 160 valence electrons. The maximum absolute atomic E-state index is 12.0. The van der Waals surface area contributed by atoms with Crippen LogP contribution in [0.25, 0.3) is 0 Å². The van der Waals surface area contributed by atoms with E-state index in [1.807, 2.05) is 13.0 Å². The van der Waals surface area contributed by atoms with Crippen molar-refractivity contribution in [2.75, 3.05) is 43.1 Å². The molecule has 2 aromatic carbocycles. The lowest BCUT2D eigenvalue weighted by atomic mass is 10.1. The molecule has 2 aromatic rings. The molecule has 0 radical (unpaired) electrons. The molecule has 1 atom stereocenters. The fraction of sp³-hybridized carbons (Fsp3) is 0.391. The Labute approximate surface area is 183 Å². The highest BCUT2D eigenvalue weighted by Gasteiger charge is 2.14. The van der Waals surface area contributed by atoms with Crippen LogP contribution in [0.5, 0.6) is 0 Å². The summed E-state index contributed by atoms with van der Waals surface area (Å²) in [5, 5.41) is 7.02. The summed E-state index contributed by atoms with van der Waals surface area (Å²) in [6.45, 7) is 9.56. The number of benzene rings is 2. The lowest BCUT2D eigenvalue weighted by Gasteiger charge is -2.29. The number of hydrogen-bond donors (Lipinski definition) is 2. The quantitative estimate of drug-likeness (QED) is 0.532. The Hall–Kier alpha value is -2.64. The van der Waals surface area contributed by atoms with Crippen LogP contribution in [-0.4, -0.2) is 44.0 Å². The normalized spacial score (nSPS) is 14.7. The van der Waals surface area contributed by atoms with Crippen molar-refractivity contribution >= 4 is 34.7 Å². The second kappa shape index (κ2) is 10.4. The number of esters is 1. The van der Waals surface area contributed by atoms with E-state index in [0.29, 0.717) is 17.3 Å². The second-order valence-corrected chi connectivity index (χ2v) is 7.67. The maximum atomic E-state index is 12.0. The van der Waals surface area contributed by atoms with E-state index in [9.17, 15) is 4.79 Å². The third-order valence-corrected chi connectivity index (χ3v) is 5.33. The molecule has 0 amide bonds. The van der Waals surface area contributed by atoms with Crippen molar-refractivity contribution in [1.29, 1.82) is 0 Å². The molecule has 1 fully saturated rings. The van der Waals surface area contributed by atoms with E-state index < -0.39 is 0 Å². The number of aryl methyl sites for hydroxylation is 1. The highest BCUT2D eigenvalue weighted by molar-refractivity contribution is 7.80. The van der Waals surface area contributed by atoms with Gasteiger partial charge >= 0.3 is 5.97 Å². The van der Waals surface area contributed by atoms with Gasteiger partial charge in [-0.25, -0.2) is 4.79 Å². The van der Waals surface area contributed by atoms with Crippen LogP contribution in [0.3, 0.4) is 0 Å². The molecule has 0 saturated carbocycles. The summed E-state index contributed by atoms with van der Waals surface area (Å²) in [7, 11) is 0. The Morgan fingerprint density at radius 3 is 2.57 bits per heavy atom. The summed E-state index contributed by atoms with van der Waals surface area (Å²) in [5.41, 5.74) is 4.64.